The third-order valence-corrected chi connectivity index (χ3v) is 6.93. The number of amides is 1. The van der Waals surface area contributed by atoms with Crippen LogP contribution in [0.3, 0.4) is 0 Å². The van der Waals surface area contributed by atoms with Gasteiger partial charge in [-0.3, -0.25) is 4.79 Å². The van der Waals surface area contributed by atoms with Gasteiger partial charge in [-0.05, 0) is 49.9 Å². The molecule has 0 saturated heterocycles. The van der Waals surface area contributed by atoms with Crippen LogP contribution in [0.1, 0.15) is 37.9 Å². The van der Waals surface area contributed by atoms with Gasteiger partial charge in [0.25, 0.3) is 0 Å². The molecule has 1 aliphatic rings. The minimum Gasteiger partial charge on any atom is -0.360 e. The summed E-state index contributed by atoms with van der Waals surface area (Å²) in [6.45, 7) is 1.74. The van der Waals surface area contributed by atoms with Gasteiger partial charge in [0.2, 0.25) is 15.9 Å². The van der Waals surface area contributed by atoms with Gasteiger partial charge in [-0.15, -0.1) is 0 Å². The van der Waals surface area contributed by atoms with E-state index in [1.807, 2.05) is 0 Å². The van der Waals surface area contributed by atoms with Crippen LogP contribution in [0.4, 0.5) is 5.82 Å². The summed E-state index contributed by atoms with van der Waals surface area (Å²) in [4.78, 5) is 12.6. The van der Waals surface area contributed by atoms with Crippen LogP contribution in [0.5, 0.6) is 0 Å². The Morgan fingerprint density at radius 2 is 1.93 bits per heavy atom. The van der Waals surface area contributed by atoms with Crippen LogP contribution in [0.25, 0.3) is 0 Å². The zero-order valence-corrected chi connectivity index (χ0v) is 17.3. The van der Waals surface area contributed by atoms with Crippen molar-refractivity contribution in [2.24, 2.45) is 5.92 Å². The fraction of sp³-hybridized carbons (Fsp3) is 0.474. The van der Waals surface area contributed by atoms with Gasteiger partial charge in [-0.2, -0.15) is 4.31 Å². The summed E-state index contributed by atoms with van der Waals surface area (Å²) in [6, 6.07) is 7.57. The van der Waals surface area contributed by atoms with Crippen molar-refractivity contribution in [1.82, 2.24) is 9.46 Å². The maximum atomic E-state index is 13.2. The number of carbonyl (C=O) groups is 1. The highest BCUT2D eigenvalue weighted by atomic mass is 35.5. The molecule has 28 heavy (non-hydrogen) atoms. The average molecular weight is 426 g/mol. The second-order valence-electron chi connectivity index (χ2n) is 7.13. The molecule has 3 rings (SSSR count). The number of nitrogens with one attached hydrogen (secondary N) is 1. The Morgan fingerprint density at radius 3 is 2.54 bits per heavy atom. The van der Waals surface area contributed by atoms with Crippen LogP contribution in [0, 0.1) is 12.8 Å². The zero-order valence-electron chi connectivity index (χ0n) is 15.7. The fourth-order valence-corrected chi connectivity index (χ4v) is 5.03. The molecular weight excluding hydrogens is 402 g/mol. The minimum atomic E-state index is -3.83. The summed E-state index contributed by atoms with van der Waals surface area (Å²) in [6.07, 6.45) is 5.29. The average Bonchev–Trinajstić information content (AvgIpc) is 3.07. The lowest BCUT2D eigenvalue weighted by Gasteiger charge is -2.28. The highest BCUT2D eigenvalue weighted by Gasteiger charge is 2.30. The first-order chi connectivity index (χ1) is 13.3. The molecule has 152 valence electrons. The van der Waals surface area contributed by atoms with Crippen LogP contribution >= 0.6 is 11.6 Å². The summed E-state index contributed by atoms with van der Waals surface area (Å²) in [7, 11) is -3.83. The quantitative estimate of drug-likeness (QED) is 0.727. The van der Waals surface area contributed by atoms with E-state index in [1.165, 1.54) is 35.0 Å². The number of hydrogen-bond acceptors (Lipinski definition) is 5. The summed E-state index contributed by atoms with van der Waals surface area (Å²) in [5, 5.41) is 6.77. The van der Waals surface area contributed by atoms with Gasteiger partial charge in [-0.25, -0.2) is 8.42 Å². The number of anilines is 1. The van der Waals surface area contributed by atoms with Crippen LogP contribution in [0.15, 0.2) is 39.8 Å². The number of aromatic nitrogens is 1. The topological polar surface area (TPSA) is 92.5 Å². The summed E-state index contributed by atoms with van der Waals surface area (Å²) in [5.41, 5.74) is 0. The van der Waals surface area contributed by atoms with E-state index in [0.717, 1.165) is 25.7 Å². The Kier molecular flexibility index (Phi) is 6.74. The second kappa shape index (κ2) is 9.07. The molecule has 0 atom stereocenters. The third kappa shape index (κ3) is 5.33. The van der Waals surface area contributed by atoms with Crippen LogP contribution in [-0.4, -0.2) is 36.9 Å². The number of aryl methyl sites for hydroxylation is 1. The molecule has 0 bridgehead atoms. The second-order valence-corrected chi connectivity index (χ2v) is 9.50. The first-order valence-electron chi connectivity index (χ1n) is 9.33. The van der Waals surface area contributed by atoms with Crippen molar-refractivity contribution >= 4 is 33.3 Å². The van der Waals surface area contributed by atoms with E-state index in [1.54, 1.807) is 13.0 Å². The predicted octanol–water partition coefficient (Wildman–Crippen LogP) is 3.85. The maximum absolute atomic E-state index is 13.2. The van der Waals surface area contributed by atoms with Gasteiger partial charge in [0.05, 0.1) is 11.4 Å². The lowest BCUT2D eigenvalue weighted by Crippen LogP contribution is -2.41. The van der Waals surface area contributed by atoms with Gasteiger partial charge in [0.15, 0.2) is 5.82 Å². The van der Waals surface area contributed by atoms with Crippen molar-refractivity contribution in [3.05, 3.63) is 41.1 Å². The molecule has 0 aliphatic heterocycles. The monoisotopic (exact) mass is 425 g/mol. The Bertz CT molecular complexity index is 906. The Morgan fingerprint density at radius 1 is 1.25 bits per heavy atom. The van der Waals surface area contributed by atoms with Crippen LogP contribution in [0.2, 0.25) is 5.02 Å². The number of benzene rings is 1. The normalized spacial score (nSPS) is 15.7. The zero-order chi connectivity index (χ0) is 20.1. The highest BCUT2D eigenvalue weighted by molar-refractivity contribution is 7.89. The van der Waals surface area contributed by atoms with Crippen molar-refractivity contribution in [1.29, 1.82) is 0 Å². The molecule has 1 N–H and O–H groups in total. The number of hydrogen-bond donors (Lipinski definition) is 1. The molecule has 1 fully saturated rings. The van der Waals surface area contributed by atoms with Gasteiger partial charge < -0.3 is 9.84 Å². The van der Waals surface area contributed by atoms with Gasteiger partial charge in [0.1, 0.15) is 5.76 Å². The molecule has 2 aromatic rings. The number of nitrogens with zero attached hydrogens (tertiary/aromatic N) is 2. The Hall–Kier alpha value is -1.90. The maximum Gasteiger partial charge on any atom is 0.243 e. The largest absolute Gasteiger partial charge is 0.360 e. The number of sulfonamides is 1. The van der Waals surface area contributed by atoms with E-state index in [0.29, 0.717) is 17.3 Å². The van der Waals surface area contributed by atoms with Crippen molar-refractivity contribution in [3.63, 3.8) is 0 Å². The SMILES string of the molecule is Cc1cc(NC(=O)CN(CC2CCCCC2)S(=O)(=O)c2ccc(Cl)cc2)no1. The fourth-order valence-electron chi connectivity index (χ4n) is 3.43. The molecule has 0 radical (unpaired) electrons. The molecule has 1 saturated carbocycles. The van der Waals surface area contributed by atoms with Crippen molar-refractivity contribution in [2.75, 3.05) is 18.4 Å². The van der Waals surface area contributed by atoms with Crippen molar-refractivity contribution < 1.29 is 17.7 Å². The molecule has 1 amide bonds. The minimum absolute atomic E-state index is 0.123. The van der Waals surface area contributed by atoms with E-state index in [9.17, 15) is 13.2 Å². The van der Waals surface area contributed by atoms with Crippen molar-refractivity contribution in [3.8, 4) is 0 Å². The first kappa shape index (κ1) is 20.8. The molecule has 7 nitrogen and oxygen atoms in total. The third-order valence-electron chi connectivity index (χ3n) is 4.85. The number of halogens is 1. The predicted molar refractivity (Wildman–Crippen MR) is 107 cm³/mol. The molecule has 1 aliphatic carbocycles. The van der Waals surface area contributed by atoms with E-state index < -0.39 is 15.9 Å². The van der Waals surface area contributed by atoms with Gasteiger partial charge in [-0.1, -0.05) is 36.0 Å². The molecule has 1 heterocycles. The Labute approximate surface area is 170 Å². The lowest BCUT2D eigenvalue weighted by molar-refractivity contribution is -0.116. The first-order valence-corrected chi connectivity index (χ1v) is 11.2. The molecular formula is C19H24ClN3O4S. The van der Waals surface area contributed by atoms with Crippen molar-refractivity contribution in [2.45, 2.75) is 43.9 Å². The van der Waals surface area contributed by atoms with E-state index >= 15 is 0 Å². The van der Waals surface area contributed by atoms with E-state index in [2.05, 4.69) is 10.5 Å². The Balaban J connectivity index is 1.79. The van der Waals surface area contributed by atoms with Crippen LogP contribution < -0.4 is 5.32 Å². The molecule has 0 spiro atoms. The van der Waals surface area contributed by atoms with E-state index in [-0.39, 0.29) is 23.2 Å². The summed E-state index contributed by atoms with van der Waals surface area (Å²) >= 11 is 5.89. The van der Waals surface area contributed by atoms with Crippen LogP contribution in [-0.2, 0) is 14.8 Å². The summed E-state index contributed by atoms with van der Waals surface area (Å²) in [5.74, 6) is 0.617. The number of carbonyl (C=O) groups excluding carboxylic acids is 1. The summed E-state index contributed by atoms with van der Waals surface area (Å²) < 4.78 is 32.5. The molecule has 1 aromatic heterocycles. The number of rotatable bonds is 7. The van der Waals surface area contributed by atoms with Gasteiger partial charge >= 0.3 is 0 Å². The molecule has 9 heteroatoms. The van der Waals surface area contributed by atoms with Gasteiger partial charge in [0, 0.05) is 17.6 Å². The lowest BCUT2D eigenvalue weighted by atomic mass is 9.89. The highest BCUT2D eigenvalue weighted by Crippen LogP contribution is 2.27. The molecule has 1 aromatic carbocycles. The molecule has 0 unspecified atom stereocenters. The smallest absolute Gasteiger partial charge is 0.243 e. The van der Waals surface area contributed by atoms with E-state index in [4.69, 9.17) is 16.1 Å². The standard InChI is InChI=1S/C19H24ClN3O4S/c1-14-11-18(22-27-14)21-19(24)13-23(12-15-5-3-2-4-6-15)28(25,26)17-9-7-16(20)8-10-17/h7-11,15H,2-6,12-13H2,1H3,(H,21,22,24).